The van der Waals surface area contributed by atoms with Crippen molar-refractivity contribution < 1.29 is 4.74 Å². The number of ether oxygens (including phenoxy) is 1. The second-order valence-corrected chi connectivity index (χ2v) is 4.65. The Balaban J connectivity index is 1.71. The van der Waals surface area contributed by atoms with Gasteiger partial charge in [0, 0.05) is 11.8 Å². The summed E-state index contributed by atoms with van der Waals surface area (Å²) in [5.74, 6) is 0.691. The summed E-state index contributed by atoms with van der Waals surface area (Å²) in [6.45, 7) is 0.455. The number of aromatic nitrogens is 3. The Hall–Kier alpha value is -1.49. The Morgan fingerprint density at radius 3 is 3.19 bits per heavy atom. The van der Waals surface area contributed by atoms with Crippen molar-refractivity contribution >= 4 is 11.3 Å². The fraction of sp³-hybridized carbons (Fsp3) is 0.364. The van der Waals surface area contributed by atoms with Gasteiger partial charge in [0.05, 0.1) is 0 Å². The molecule has 1 aliphatic rings. The molecule has 16 heavy (non-hydrogen) atoms. The molecule has 0 N–H and O–H groups in total. The van der Waals surface area contributed by atoms with Crippen LogP contribution in [0.25, 0.3) is 0 Å². The van der Waals surface area contributed by atoms with E-state index in [9.17, 15) is 0 Å². The summed E-state index contributed by atoms with van der Waals surface area (Å²) in [7, 11) is 0. The van der Waals surface area contributed by atoms with Gasteiger partial charge >= 0.3 is 0 Å². The van der Waals surface area contributed by atoms with E-state index in [4.69, 9.17) is 4.74 Å². The number of fused-ring (bicyclic) bond motifs is 1. The zero-order chi connectivity index (χ0) is 10.8. The zero-order valence-electron chi connectivity index (χ0n) is 8.72. The van der Waals surface area contributed by atoms with Gasteiger partial charge in [-0.15, -0.1) is 21.5 Å². The minimum atomic E-state index is 0.455. The van der Waals surface area contributed by atoms with Crippen LogP contribution < -0.4 is 4.74 Å². The first-order valence-corrected chi connectivity index (χ1v) is 6.16. The highest BCUT2D eigenvalue weighted by Crippen LogP contribution is 2.22. The molecule has 0 aliphatic heterocycles. The Kier molecular flexibility index (Phi) is 2.53. The van der Waals surface area contributed by atoms with Gasteiger partial charge in [0.2, 0.25) is 5.88 Å². The van der Waals surface area contributed by atoms with Gasteiger partial charge in [0.25, 0.3) is 0 Å². The monoisotopic (exact) mass is 233 g/mol. The standard InChI is InChI=1S/C11H11N3OS/c1-2-8-4-5-10(13-9(8)3-1)15-6-11-14-12-7-16-11/h4-5,7H,1-3,6H2. The average Bonchev–Trinajstić information content (AvgIpc) is 2.97. The van der Waals surface area contributed by atoms with E-state index in [0.29, 0.717) is 12.5 Å². The lowest BCUT2D eigenvalue weighted by molar-refractivity contribution is 0.291. The minimum absolute atomic E-state index is 0.455. The van der Waals surface area contributed by atoms with E-state index in [1.54, 1.807) is 5.51 Å². The van der Waals surface area contributed by atoms with Crippen LogP contribution in [0.2, 0.25) is 0 Å². The third-order valence-electron chi connectivity index (χ3n) is 2.65. The van der Waals surface area contributed by atoms with Crippen LogP contribution in [-0.2, 0) is 19.4 Å². The highest BCUT2D eigenvalue weighted by molar-refractivity contribution is 7.09. The molecule has 0 aromatic carbocycles. The number of rotatable bonds is 3. The molecule has 2 aromatic rings. The number of pyridine rings is 1. The van der Waals surface area contributed by atoms with Gasteiger partial charge in [-0.05, 0) is 24.8 Å². The molecule has 3 rings (SSSR count). The van der Waals surface area contributed by atoms with Crippen molar-refractivity contribution in [2.24, 2.45) is 0 Å². The highest BCUT2D eigenvalue weighted by atomic mass is 32.1. The molecule has 0 spiro atoms. The van der Waals surface area contributed by atoms with Crippen LogP contribution in [0.4, 0.5) is 0 Å². The van der Waals surface area contributed by atoms with Crippen molar-refractivity contribution in [1.29, 1.82) is 0 Å². The van der Waals surface area contributed by atoms with E-state index < -0.39 is 0 Å². The number of nitrogens with zero attached hydrogens (tertiary/aromatic N) is 3. The summed E-state index contributed by atoms with van der Waals surface area (Å²) in [6, 6.07) is 4.05. The SMILES string of the molecule is c1nnc(COc2ccc3c(n2)CCC3)s1. The van der Waals surface area contributed by atoms with E-state index in [0.717, 1.165) is 17.8 Å². The molecule has 5 heteroatoms. The van der Waals surface area contributed by atoms with E-state index in [-0.39, 0.29) is 0 Å². The van der Waals surface area contributed by atoms with Crippen LogP contribution in [-0.4, -0.2) is 15.2 Å². The predicted octanol–water partition coefficient (Wildman–Crippen LogP) is 2.00. The van der Waals surface area contributed by atoms with Crippen molar-refractivity contribution in [3.05, 3.63) is 33.9 Å². The molecule has 82 valence electrons. The largest absolute Gasteiger partial charge is 0.470 e. The van der Waals surface area contributed by atoms with E-state index >= 15 is 0 Å². The lowest BCUT2D eigenvalue weighted by Gasteiger charge is -2.04. The second kappa shape index (κ2) is 4.17. The van der Waals surface area contributed by atoms with Crippen molar-refractivity contribution in [3.63, 3.8) is 0 Å². The van der Waals surface area contributed by atoms with Gasteiger partial charge in [-0.25, -0.2) is 4.98 Å². The average molecular weight is 233 g/mol. The Labute approximate surface area is 97.3 Å². The van der Waals surface area contributed by atoms with E-state index in [2.05, 4.69) is 21.2 Å². The quantitative estimate of drug-likeness (QED) is 0.813. The third-order valence-corrected chi connectivity index (χ3v) is 3.32. The summed E-state index contributed by atoms with van der Waals surface area (Å²) >= 11 is 1.49. The first-order valence-electron chi connectivity index (χ1n) is 5.28. The summed E-state index contributed by atoms with van der Waals surface area (Å²) in [6.07, 6.45) is 3.44. The molecule has 0 saturated heterocycles. The number of hydrogen-bond donors (Lipinski definition) is 0. The van der Waals surface area contributed by atoms with Crippen molar-refractivity contribution in [2.75, 3.05) is 0 Å². The second-order valence-electron chi connectivity index (χ2n) is 3.73. The van der Waals surface area contributed by atoms with E-state index in [1.165, 1.54) is 29.0 Å². The molecule has 0 saturated carbocycles. The molecular formula is C11H11N3OS. The molecule has 0 unspecified atom stereocenters. The molecule has 0 radical (unpaired) electrons. The van der Waals surface area contributed by atoms with Gasteiger partial charge in [-0.2, -0.15) is 0 Å². The number of hydrogen-bond acceptors (Lipinski definition) is 5. The summed E-state index contributed by atoms with van der Waals surface area (Å²) in [5.41, 5.74) is 4.26. The van der Waals surface area contributed by atoms with Crippen molar-refractivity contribution in [3.8, 4) is 5.88 Å². The molecule has 1 aliphatic carbocycles. The maximum Gasteiger partial charge on any atom is 0.213 e. The van der Waals surface area contributed by atoms with Crippen molar-refractivity contribution in [1.82, 2.24) is 15.2 Å². The maximum absolute atomic E-state index is 5.57. The summed E-state index contributed by atoms with van der Waals surface area (Å²) in [5, 5.41) is 8.56. The lowest BCUT2D eigenvalue weighted by Crippen LogP contribution is -1.99. The fourth-order valence-electron chi connectivity index (χ4n) is 1.88. The fourth-order valence-corrected chi connectivity index (χ4v) is 2.31. The van der Waals surface area contributed by atoms with Crippen LogP contribution in [0, 0.1) is 0 Å². The first-order chi connectivity index (χ1) is 7.92. The Bertz CT molecular complexity index is 484. The normalized spacial score (nSPS) is 13.8. The predicted molar refractivity (Wildman–Crippen MR) is 60.5 cm³/mol. The minimum Gasteiger partial charge on any atom is -0.470 e. The summed E-state index contributed by atoms with van der Waals surface area (Å²) in [4.78, 5) is 4.49. The van der Waals surface area contributed by atoms with Crippen LogP contribution >= 0.6 is 11.3 Å². The van der Waals surface area contributed by atoms with Gasteiger partial charge in [-0.1, -0.05) is 6.07 Å². The molecule has 2 aromatic heterocycles. The smallest absolute Gasteiger partial charge is 0.213 e. The van der Waals surface area contributed by atoms with Crippen molar-refractivity contribution in [2.45, 2.75) is 25.9 Å². The van der Waals surface area contributed by atoms with Gasteiger partial charge in [-0.3, -0.25) is 0 Å². The molecule has 0 atom stereocenters. The topological polar surface area (TPSA) is 47.9 Å². The number of aryl methyl sites for hydroxylation is 2. The van der Waals surface area contributed by atoms with Gasteiger partial charge < -0.3 is 4.74 Å². The molecule has 0 amide bonds. The zero-order valence-corrected chi connectivity index (χ0v) is 9.54. The van der Waals surface area contributed by atoms with Crippen LogP contribution in [0.3, 0.4) is 0 Å². The van der Waals surface area contributed by atoms with E-state index in [1.807, 2.05) is 6.07 Å². The molecule has 2 heterocycles. The molecule has 0 fully saturated rings. The summed E-state index contributed by atoms with van der Waals surface area (Å²) < 4.78 is 5.57. The third kappa shape index (κ3) is 1.90. The maximum atomic E-state index is 5.57. The van der Waals surface area contributed by atoms with Crippen LogP contribution in [0.15, 0.2) is 17.6 Å². The lowest BCUT2D eigenvalue weighted by atomic mass is 10.2. The molecule has 4 nitrogen and oxygen atoms in total. The highest BCUT2D eigenvalue weighted by Gasteiger charge is 2.12. The Morgan fingerprint density at radius 2 is 2.31 bits per heavy atom. The molecular weight excluding hydrogens is 222 g/mol. The van der Waals surface area contributed by atoms with Gasteiger partial charge in [0.1, 0.15) is 12.1 Å². The van der Waals surface area contributed by atoms with Crippen LogP contribution in [0.1, 0.15) is 22.7 Å². The Morgan fingerprint density at radius 1 is 1.31 bits per heavy atom. The van der Waals surface area contributed by atoms with Gasteiger partial charge in [0.15, 0.2) is 5.01 Å². The van der Waals surface area contributed by atoms with Crippen LogP contribution in [0.5, 0.6) is 5.88 Å². The molecule has 0 bridgehead atoms. The first kappa shape index (κ1) is 9.72.